The number of morpholine rings is 1. The molecule has 0 aliphatic carbocycles. The summed E-state index contributed by atoms with van der Waals surface area (Å²) in [7, 11) is 0. The fourth-order valence-electron chi connectivity index (χ4n) is 1.91. The summed E-state index contributed by atoms with van der Waals surface area (Å²) in [6.07, 6.45) is 0.232. The molecule has 2 rings (SSSR count). The van der Waals surface area contributed by atoms with Crippen LogP contribution < -0.4 is 16.0 Å². The van der Waals surface area contributed by atoms with Gasteiger partial charge in [-0.2, -0.15) is 0 Å². The van der Waals surface area contributed by atoms with E-state index in [4.69, 9.17) is 4.74 Å². The lowest BCUT2D eigenvalue weighted by atomic mass is 10.2. The van der Waals surface area contributed by atoms with E-state index in [0.717, 1.165) is 10.2 Å². The molecule has 0 radical (unpaired) electrons. The zero-order valence-electron chi connectivity index (χ0n) is 11.5. The molecule has 1 unspecified atom stereocenters. The van der Waals surface area contributed by atoms with E-state index in [1.807, 2.05) is 24.3 Å². The number of hydrogen-bond donors (Lipinski definition) is 3. The summed E-state index contributed by atoms with van der Waals surface area (Å²) in [5, 5.41) is 8.56. The van der Waals surface area contributed by atoms with Crippen molar-refractivity contribution in [1.82, 2.24) is 10.6 Å². The van der Waals surface area contributed by atoms with Gasteiger partial charge in [0.1, 0.15) is 6.04 Å². The molecule has 1 aliphatic heterocycles. The number of benzene rings is 1. The van der Waals surface area contributed by atoms with Crippen molar-refractivity contribution in [2.24, 2.45) is 0 Å². The second kappa shape index (κ2) is 8.11. The molecule has 0 bridgehead atoms. The lowest BCUT2D eigenvalue weighted by Crippen LogP contribution is -2.51. The number of halogens is 1. The van der Waals surface area contributed by atoms with E-state index in [1.54, 1.807) is 0 Å². The SMILES string of the molecule is O=C(CCNC(=O)C1COCCN1)Nc1ccc(Br)cc1. The van der Waals surface area contributed by atoms with Crippen molar-refractivity contribution >= 4 is 33.4 Å². The van der Waals surface area contributed by atoms with Crippen LogP contribution in [0, 0.1) is 0 Å². The second-order valence-electron chi connectivity index (χ2n) is 4.68. The van der Waals surface area contributed by atoms with E-state index in [2.05, 4.69) is 31.9 Å². The van der Waals surface area contributed by atoms with Crippen LogP contribution in [0.15, 0.2) is 28.7 Å². The molecular formula is C14H18BrN3O3. The van der Waals surface area contributed by atoms with Crippen molar-refractivity contribution in [3.05, 3.63) is 28.7 Å². The highest BCUT2D eigenvalue weighted by atomic mass is 79.9. The number of amides is 2. The molecule has 0 saturated carbocycles. The molecule has 1 fully saturated rings. The third kappa shape index (κ3) is 5.45. The molecule has 6 nitrogen and oxygen atoms in total. The standard InChI is InChI=1S/C14H18BrN3O3/c15-10-1-3-11(4-2-10)18-13(19)5-6-17-14(20)12-9-21-8-7-16-12/h1-4,12,16H,5-9H2,(H,17,20)(H,18,19). The Kier molecular flexibility index (Phi) is 6.16. The van der Waals surface area contributed by atoms with Gasteiger partial charge in [0.05, 0.1) is 13.2 Å². The van der Waals surface area contributed by atoms with E-state index in [0.29, 0.717) is 26.3 Å². The van der Waals surface area contributed by atoms with Gasteiger partial charge in [-0.15, -0.1) is 0 Å². The number of carbonyl (C=O) groups is 2. The lowest BCUT2D eigenvalue weighted by molar-refractivity contribution is -0.126. The van der Waals surface area contributed by atoms with E-state index in [9.17, 15) is 9.59 Å². The molecule has 0 spiro atoms. The average molecular weight is 356 g/mol. The normalized spacial score (nSPS) is 18.0. The lowest BCUT2D eigenvalue weighted by Gasteiger charge is -2.22. The van der Waals surface area contributed by atoms with Crippen molar-refractivity contribution < 1.29 is 14.3 Å². The fourth-order valence-corrected chi connectivity index (χ4v) is 2.18. The first-order chi connectivity index (χ1) is 10.1. The van der Waals surface area contributed by atoms with Crippen molar-refractivity contribution in [2.45, 2.75) is 12.5 Å². The van der Waals surface area contributed by atoms with Gasteiger partial charge >= 0.3 is 0 Å². The van der Waals surface area contributed by atoms with Crippen LogP contribution in [0.5, 0.6) is 0 Å². The predicted octanol–water partition coefficient (Wildman–Crippen LogP) is 0.882. The fraction of sp³-hybridized carbons (Fsp3) is 0.429. The molecule has 1 heterocycles. The first-order valence-corrected chi connectivity index (χ1v) is 7.59. The highest BCUT2D eigenvalue weighted by Gasteiger charge is 2.20. The highest BCUT2D eigenvalue weighted by molar-refractivity contribution is 9.10. The Hall–Kier alpha value is -1.44. The Morgan fingerprint density at radius 1 is 1.33 bits per heavy atom. The first kappa shape index (κ1) is 15.9. The Balaban J connectivity index is 1.66. The summed E-state index contributed by atoms with van der Waals surface area (Å²) in [6, 6.07) is 7.00. The largest absolute Gasteiger partial charge is 0.378 e. The maximum atomic E-state index is 11.8. The summed E-state index contributed by atoms with van der Waals surface area (Å²) >= 11 is 3.33. The number of hydrogen-bond acceptors (Lipinski definition) is 4. The number of carbonyl (C=O) groups excluding carboxylic acids is 2. The summed E-state index contributed by atoms with van der Waals surface area (Å²) < 4.78 is 6.17. The van der Waals surface area contributed by atoms with Gasteiger partial charge in [0.15, 0.2) is 0 Å². The molecule has 0 aromatic heterocycles. The van der Waals surface area contributed by atoms with Crippen molar-refractivity contribution in [2.75, 3.05) is 31.6 Å². The number of nitrogens with one attached hydrogen (secondary N) is 3. The number of anilines is 1. The summed E-state index contributed by atoms with van der Waals surface area (Å²) in [5.74, 6) is -0.267. The monoisotopic (exact) mass is 355 g/mol. The molecule has 3 N–H and O–H groups in total. The van der Waals surface area contributed by atoms with Crippen LogP contribution in [-0.2, 0) is 14.3 Å². The van der Waals surface area contributed by atoms with Gasteiger partial charge in [-0.3, -0.25) is 9.59 Å². The number of rotatable bonds is 5. The highest BCUT2D eigenvalue weighted by Crippen LogP contribution is 2.14. The van der Waals surface area contributed by atoms with Gasteiger partial charge < -0.3 is 20.7 Å². The molecule has 7 heteroatoms. The quantitative estimate of drug-likeness (QED) is 0.732. The van der Waals surface area contributed by atoms with Gasteiger partial charge in [0.2, 0.25) is 11.8 Å². The van der Waals surface area contributed by atoms with Crippen molar-refractivity contribution in [3.8, 4) is 0 Å². The van der Waals surface area contributed by atoms with E-state index < -0.39 is 0 Å². The summed E-state index contributed by atoms with van der Waals surface area (Å²) in [5.41, 5.74) is 0.733. The van der Waals surface area contributed by atoms with Gasteiger partial charge in [0.25, 0.3) is 0 Å². The molecule has 1 aromatic carbocycles. The molecular weight excluding hydrogens is 338 g/mol. The van der Waals surface area contributed by atoms with Crippen LogP contribution in [0.1, 0.15) is 6.42 Å². The van der Waals surface area contributed by atoms with Crippen LogP contribution in [0.25, 0.3) is 0 Å². The zero-order valence-corrected chi connectivity index (χ0v) is 13.1. The third-order valence-corrected chi connectivity index (χ3v) is 3.55. The molecule has 1 saturated heterocycles. The Morgan fingerprint density at radius 2 is 2.10 bits per heavy atom. The van der Waals surface area contributed by atoms with E-state index >= 15 is 0 Å². The van der Waals surface area contributed by atoms with Gasteiger partial charge in [-0.25, -0.2) is 0 Å². The maximum Gasteiger partial charge on any atom is 0.239 e. The van der Waals surface area contributed by atoms with E-state index in [1.165, 1.54) is 0 Å². The number of ether oxygens (including phenoxy) is 1. The zero-order chi connectivity index (χ0) is 15.1. The van der Waals surface area contributed by atoms with Crippen LogP contribution in [0.2, 0.25) is 0 Å². The van der Waals surface area contributed by atoms with E-state index in [-0.39, 0.29) is 24.3 Å². The van der Waals surface area contributed by atoms with Crippen LogP contribution in [0.4, 0.5) is 5.69 Å². The average Bonchev–Trinajstić information content (AvgIpc) is 2.50. The molecule has 1 aromatic rings. The second-order valence-corrected chi connectivity index (χ2v) is 5.59. The molecule has 1 atom stereocenters. The predicted molar refractivity (Wildman–Crippen MR) is 83.0 cm³/mol. The molecule has 114 valence electrons. The minimum absolute atomic E-state index is 0.133. The summed E-state index contributed by atoms with van der Waals surface area (Å²) in [6.45, 7) is 1.97. The van der Waals surface area contributed by atoms with Gasteiger partial charge in [-0.05, 0) is 24.3 Å². The Morgan fingerprint density at radius 3 is 2.76 bits per heavy atom. The maximum absolute atomic E-state index is 11.8. The molecule has 1 aliphatic rings. The molecule has 21 heavy (non-hydrogen) atoms. The summed E-state index contributed by atoms with van der Waals surface area (Å²) in [4.78, 5) is 23.5. The molecule has 2 amide bonds. The smallest absolute Gasteiger partial charge is 0.239 e. The van der Waals surface area contributed by atoms with Crippen molar-refractivity contribution in [1.29, 1.82) is 0 Å². The Labute approximate surface area is 131 Å². The Bertz CT molecular complexity index is 487. The van der Waals surface area contributed by atoms with Crippen LogP contribution >= 0.6 is 15.9 Å². The van der Waals surface area contributed by atoms with Crippen LogP contribution in [-0.4, -0.2) is 44.2 Å². The van der Waals surface area contributed by atoms with Gasteiger partial charge in [-0.1, -0.05) is 15.9 Å². The topological polar surface area (TPSA) is 79.5 Å². The van der Waals surface area contributed by atoms with Crippen molar-refractivity contribution in [3.63, 3.8) is 0 Å². The minimum atomic E-state index is -0.326. The van der Waals surface area contributed by atoms with Crippen LogP contribution in [0.3, 0.4) is 0 Å². The minimum Gasteiger partial charge on any atom is -0.378 e. The first-order valence-electron chi connectivity index (χ1n) is 6.79. The third-order valence-electron chi connectivity index (χ3n) is 3.02. The van der Waals surface area contributed by atoms with Gasteiger partial charge in [0, 0.05) is 29.7 Å².